The monoisotopic (exact) mass is 403 g/mol. The number of methoxy groups -OCH3 is 1. The molecule has 0 aliphatic carbocycles. The lowest BCUT2D eigenvalue weighted by atomic mass is 9.99. The number of piperazine rings is 1. The first-order chi connectivity index (χ1) is 14.1. The number of aliphatic imine (C=N–C) groups is 1. The second kappa shape index (κ2) is 10.4. The molecule has 9 heteroatoms. The Hall–Kier alpha value is -2.42. The number of aromatic nitrogens is 2. The number of guanidine groups is 1. The van der Waals surface area contributed by atoms with Crippen molar-refractivity contribution in [1.29, 1.82) is 0 Å². The summed E-state index contributed by atoms with van der Waals surface area (Å²) < 4.78 is 4.95. The van der Waals surface area contributed by atoms with Crippen LogP contribution < -0.4 is 10.2 Å². The molecule has 1 aromatic heterocycles. The SMILES string of the molecule is CCNC(=NCCN1CCN(c2ncccn2)CC1)N1CC(C)C(C(=O)OC)C1. The highest BCUT2D eigenvalue weighted by molar-refractivity contribution is 5.82. The molecule has 9 nitrogen and oxygen atoms in total. The zero-order chi connectivity index (χ0) is 20.6. The van der Waals surface area contributed by atoms with Gasteiger partial charge in [-0.2, -0.15) is 0 Å². The highest BCUT2D eigenvalue weighted by atomic mass is 16.5. The maximum atomic E-state index is 12.0. The van der Waals surface area contributed by atoms with Crippen LogP contribution in [-0.4, -0.2) is 97.7 Å². The van der Waals surface area contributed by atoms with Crippen molar-refractivity contribution in [3.8, 4) is 0 Å². The van der Waals surface area contributed by atoms with Crippen molar-refractivity contribution in [3.63, 3.8) is 0 Å². The van der Waals surface area contributed by atoms with Crippen LogP contribution in [0.1, 0.15) is 13.8 Å². The normalized spacial score (nSPS) is 23.3. The van der Waals surface area contributed by atoms with Gasteiger partial charge in [0.25, 0.3) is 0 Å². The number of rotatable bonds is 6. The summed E-state index contributed by atoms with van der Waals surface area (Å²) in [4.78, 5) is 32.3. The number of hydrogen-bond acceptors (Lipinski definition) is 7. The van der Waals surface area contributed by atoms with E-state index in [2.05, 4.69) is 43.8 Å². The number of hydrogen-bond donors (Lipinski definition) is 1. The molecule has 0 aromatic carbocycles. The Morgan fingerprint density at radius 3 is 2.62 bits per heavy atom. The van der Waals surface area contributed by atoms with Crippen LogP contribution in [0, 0.1) is 11.8 Å². The van der Waals surface area contributed by atoms with Crippen LogP contribution >= 0.6 is 0 Å². The smallest absolute Gasteiger partial charge is 0.310 e. The molecule has 3 heterocycles. The summed E-state index contributed by atoms with van der Waals surface area (Å²) in [5.41, 5.74) is 0. The van der Waals surface area contributed by atoms with Gasteiger partial charge < -0.3 is 19.9 Å². The lowest BCUT2D eigenvalue weighted by Crippen LogP contribution is -2.48. The van der Waals surface area contributed by atoms with Crippen molar-refractivity contribution < 1.29 is 9.53 Å². The van der Waals surface area contributed by atoms with Crippen molar-refractivity contribution >= 4 is 17.9 Å². The molecule has 2 aliphatic rings. The Balaban J connectivity index is 1.48. The van der Waals surface area contributed by atoms with Crippen molar-refractivity contribution in [1.82, 2.24) is 25.1 Å². The fourth-order valence-corrected chi connectivity index (χ4v) is 3.95. The number of nitrogens with zero attached hydrogens (tertiary/aromatic N) is 6. The van der Waals surface area contributed by atoms with E-state index in [0.717, 1.165) is 64.3 Å². The molecule has 1 N–H and O–H groups in total. The number of likely N-dealkylation sites (tertiary alicyclic amines) is 1. The Morgan fingerprint density at radius 1 is 1.24 bits per heavy atom. The Bertz CT molecular complexity index is 677. The van der Waals surface area contributed by atoms with Crippen molar-refractivity contribution in [2.75, 3.05) is 70.9 Å². The van der Waals surface area contributed by atoms with Crippen molar-refractivity contribution in [3.05, 3.63) is 18.5 Å². The summed E-state index contributed by atoms with van der Waals surface area (Å²) in [6, 6.07) is 1.84. The Labute approximate surface area is 173 Å². The van der Waals surface area contributed by atoms with Gasteiger partial charge in [0.2, 0.25) is 5.95 Å². The van der Waals surface area contributed by atoms with Gasteiger partial charge in [0.15, 0.2) is 5.96 Å². The Morgan fingerprint density at radius 2 is 1.97 bits per heavy atom. The number of nitrogens with one attached hydrogen (secondary N) is 1. The first-order valence-corrected chi connectivity index (χ1v) is 10.5. The lowest BCUT2D eigenvalue weighted by Gasteiger charge is -2.34. The third-order valence-electron chi connectivity index (χ3n) is 5.64. The maximum absolute atomic E-state index is 12.0. The van der Waals surface area contributed by atoms with E-state index in [-0.39, 0.29) is 17.8 Å². The molecule has 1 aromatic rings. The van der Waals surface area contributed by atoms with Crippen LogP contribution in [0.15, 0.2) is 23.5 Å². The van der Waals surface area contributed by atoms with E-state index in [4.69, 9.17) is 9.73 Å². The fraction of sp³-hybridized carbons (Fsp3) is 0.700. The van der Waals surface area contributed by atoms with Gasteiger partial charge in [0, 0.05) is 64.8 Å². The molecular formula is C20H33N7O2. The quantitative estimate of drug-likeness (QED) is 0.413. The van der Waals surface area contributed by atoms with Crippen LogP contribution in [0.2, 0.25) is 0 Å². The van der Waals surface area contributed by atoms with Gasteiger partial charge in [0.1, 0.15) is 0 Å². The average molecular weight is 404 g/mol. The highest BCUT2D eigenvalue weighted by Gasteiger charge is 2.36. The molecule has 2 fully saturated rings. The van der Waals surface area contributed by atoms with Crippen LogP contribution in [0.5, 0.6) is 0 Å². The molecular weight excluding hydrogens is 370 g/mol. The molecule has 0 radical (unpaired) electrons. The minimum absolute atomic E-state index is 0.0860. The van der Waals surface area contributed by atoms with Gasteiger partial charge >= 0.3 is 5.97 Å². The van der Waals surface area contributed by atoms with Gasteiger partial charge in [-0.3, -0.25) is 14.7 Å². The lowest BCUT2D eigenvalue weighted by molar-refractivity contribution is -0.145. The Kier molecular flexibility index (Phi) is 7.62. The van der Waals surface area contributed by atoms with Crippen molar-refractivity contribution in [2.24, 2.45) is 16.8 Å². The molecule has 2 atom stereocenters. The minimum atomic E-state index is -0.129. The first kappa shape index (κ1) is 21.3. The standard InChI is InChI=1S/C20H33N7O2/c1-4-21-19(27-14-16(2)17(15-27)18(28)29-3)24-8-9-25-10-12-26(13-11-25)20-22-6-5-7-23-20/h5-7,16-17H,4,8-15H2,1-3H3,(H,21,24). The second-order valence-corrected chi connectivity index (χ2v) is 7.63. The van der Waals surface area contributed by atoms with Crippen LogP contribution in [-0.2, 0) is 9.53 Å². The molecule has 0 amide bonds. The number of carbonyl (C=O) groups excluding carboxylic acids is 1. The fourth-order valence-electron chi connectivity index (χ4n) is 3.95. The first-order valence-electron chi connectivity index (χ1n) is 10.5. The van der Waals surface area contributed by atoms with Crippen LogP contribution in [0.25, 0.3) is 0 Å². The third kappa shape index (κ3) is 5.56. The van der Waals surface area contributed by atoms with E-state index < -0.39 is 0 Å². The number of carbonyl (C=O) groups is 1. The molecule has 3 rings (SSSR count). The molecule has 0 spiro atoms. The minimum Gasteiger partial charge on any atom is -0.469 e. The van der Waals surface area contributed by atoms with E-state index in [9.17, 15) is 4.79 Å². The van der Waals surface area contributed by atoms with Crippen LogP contribution in [0.3, 0.4) is 0 Å². The molecule has 0 saturated carbocycles. The zero-order valence-electron chi connectivity index (χ0n) is 17.8. The van der Waals surface area contributed by atoms with E-state index in [1.54, 1.807) is 12.4 Å². The molecule has 29 heavy (non-hydrogen) atoms. The van der Waals surface area contributed by atoms with Gasteiger partial charge in [0.05, 0.1) is 19.6 Å². The summed E-state index contributed by atoms with van der Waals surface area (Å²) >= 11 is 0. The maximum Gasteiger partial charge on any atom is 0.310 e. The summed E-state index contributed by atoms with van der Waals surface area (Å²) in [5, 5.41) is 3.37. The van der Waals surface area contributed by atoms with E-state index >= 15 is 0 Å². The molecule has 2 saturated heterocycles. The highest BCUT2D eigenvalue weighted by Crippen LogP contribution is 2.24. The average Bonchev–Trinajstić information content (AvgIpc) is 3.15. The molecule has 2 aliphatic heterocycles. The third-order valence-corrected chi connectivity index (χ3v) is 5.64. The van der Waals surface area contributed by atoms with E-state index in [1.807, 2.05) is 6.07 Å². The van der Waals surface area contributed by atoms with E-state index in [0.29, 0.717) is 6.54 Å². The summed E-state index contributed by atoms with van der Waals surface area (Å²) in [6.45, 7) is 11.9. The summed E-state index contributed by atoms with van der Waals surface area (Å²) in [5.74, 6) is 1.75. The predicted octanol–water partition coefficient (Wildman–Crippen LogP) is 0.305. The predicted molar refractivity (Wildman–Crippen MR) is 113 cm³/mol. The second-order valence-electron chi connectivity index (χ2n) is 7.63. The van der Waals surface area contributed by atoms with Gasteiger partial charge in [-0.25, -0.2) is 9.97 Å². The summed E-state index contributed by atoms with van der Waals surface area (Å²) in [7, 11) is 1.46. The number of anilines is 1. The van der Waals surface area contributed by atoms with Gasteiger partial charge in [-0.15, -0.1) is 0 Å². The molecule has 160 valence electrons. The number of ether oxygens (including phenoxy) is 1. The topological polar surface area (TPSA) is 86.2 Å². The van der Waals surface area contributed by atoms with Crippen LogP contribution in [0.4, 0.5) is 5.95 Å². The largest absolute Gasteiger partial charge is 0.469 e. The van der Waals surface area contributed by atoms with E-state index in [1.165, 1.54) is 7.11 Å². The van der Waals surface area contributed by atoms with Crippen molar-refractivity contribution in [2.45, 2.75) is 13.8 Å². The van der Waals surface area contributed by atoms with Gasteiger partial charge in [-0.05, 0) is 18.9 Å². The number of esters is 1. The van der Waals surface area contributed by atoms with Gasteiger partial charge in [-0.1, -0.05) is 6.92 Å². The zero-order valence-corrected chi connectivity index (χ0v) is 17.8. The molecule has 0 bridgehead atoms. The molecule has 2 unspecified atom stereocenters. The summed E-state index contributed by atoms with van der Waals surface area (Å²) in [6.07, 6.45) is 3.57.